The van der Waals surface area contributed by atoms with Crippen LogP contribution in [0, 0.1) is 5.92 Å². The summed E-state index contributed by atoms with van der Waals surface area (Å²) < 4.78 is 1.63. The Morgan fingerprint density at radius 2 is 2.13 bits per heavy atom. The van der Waals surface area contributed by atoms with E-state index in [9.17, 15) is 4.79 Å². The maximum atomic E-state index is 11.6. The van der Waals surface area contributed by atoms with Crippen LogP contribution in [0.5, 0.6) is 0 Å². The third-order valence-electron chi connectivity index (χ3n) is 2.00. The lowest BCUT2D eigenvalue weighted by Crippen LogP contribution is -2.29. The topological polar surface area (TPSA) is 41.8 Å². The van der Waals surface area contributed by atoms with Crippen LogP contribution in [0.25, 0.3) is 0 Å². The van der Waals surface area contributed by atoms with Crippen molar-refractivity contribution in [1.29, 1.82) is 0 Å². The number of amides is 1. The molecule has 0 aromatic heterocycles. The fourth-order valence-corrected chi connectivity index (χ4v) is 2.86. The van der Waals surface area contributed by atoms with Crippen molar-refractivity contribution in [1.82, 2.24) is 0 Å². The van der Waals surface area contributed by atoms with E-state index in [2.05, 4.69) is 41.8 Å². The number of aliphatic imine (C=N–C) groups is 2. The van der Waals surface area contributed by atoms with Gasteiger partial charge in [0.15, 0.2) is 0 Å². The number of allylic oxidation sites excluding steroid dienone is 3. The number of amidine groups is 1. The molecule has 1 amide bonds. The molecule has 2 aliphatic rings. The number of hydrogen-bond acceptors (Lipinski definition) is 2. The number of rotatable bonds is 1. The Morgan fingerprint density at radius 3 is 2.80 bits per heavy atom. The predicted octanol–water partition coefficient (Wildman–Crippen LogP) is 2.79. The Hall–Kier alpha value is -0.260. The quantitative estimate of drug-likeness (QED) is 0.669. The first-order valence-corrected chi connectivity index (χ1v) is 6.24. The van der Waals surface area contributed by atoms with E-state index >= 15 is 0 Å². The van der Waals surface area contributed by atoms with E-state index < -0.39 is 5.92 Å². The highest BCUT2D eigenvalue weighted by atomic mass is 79.9. The van der Waals surface area contributed by atoms with Gasteiger partial charge in [-0.05, 0) is 22.0 Å². The number of carbonyl (C=O) groups excluding carboxylic acids is 1. The van der Waals surface area contributed by atoms with Crippen LogP contribution >= 0.6 is 43.5 Å². The van der Waals surface area contributed by atoms with E-state index in [1.807, 2.05) is 6.08 Å². The maximum Gasteiger partial charge on any atom is 0.260 e. The number of fused-ring (bicyclic) bond motifs is 1. The summed E-state index contributed by atoms with van der Waals surface area (Å²) in [7, 11) is 0. The zero-order chi connectivity index (χ0) is 11.0. The maximum absolute atomic E-state index is 11.6. The second-order valence-corrected chi connectivity index (χ2v) is 5.06. The summed E-state index contributed by atoms with van der Waals surface area (Å²) in [6.45, 7) is 0. The van der Waals surface area contributed by atoms with E-state index in [-0.39, 0.29) is 11.8 Å². The summed E-state index contributed by atoms with van der Waals surface area (Å²) >= 11 is 12.3. The summed E-state index contributed by atoms with van der Waals surface area (Å²) in [5, 5.41) is 0. The van der Waals surface area contributed by atoms with Gasteiger partial charge >= 0.3 is 0 Å². The van der Waals surface area contributed by atoms with Crippen molar-refractivity contribution >= 4 is 60.9 Å². The largest absolute Gasteiger partial charge is 0.271 e. The Kier molecular flexibility index (Phi) is 3.23. The molecule has 0 N–H and O–H groups in total. The predicted molar refractivity (Wildman–Crippen MR) is 68.1 cm³/mol. The lowest BCUT2D eigenvalue weighted by Gasteiger charge is -2.20. The minimum absolute atomic E-state index is 0.146. The van der Waals surface area contributed by atoms with E-state index in [1.54, 1.807) is 6.08 Å². The van der Waals surface area contributed by atoms with Crippen LogP contribution in [-0.4, -0.2) is 23.3 Å². The summed E-state index contributed by atoms with van der Waals surface area (Å²) in [4.78, 5) is 19.7. The molecule has 15 heavy (non-hydrogen) atoms. The Morgan fingerprint density at radius 1 is 1.40 bits per heavy atom. The van der Waals surface area contributed by atoms with Gasteiger partial charge in [0.25, 0.3) is 5.91 Å². The Balaban J connectivity index is 2.47. The molecule has 0 radical (unpaired) electrons. The molecular weight excluding hydrogens is 347 g/mol. The van der Waals surface area contributed by atoms with Gasteiger partial charge in [0.1, 0.15) is 11.8 Å². The summed E-state index contributed by atoms with van der Waals surface area (Å²) in [6.07, 6.45) is 3.63. The minimum atomic E-state index is -0.397. The summed E-state index contributed by atoms with van der Waals surface area (Å²) in [5.41, 5.74) is 0.675. The molecule has 1 heterocycles. The van der Waals surface area contributed by atoms with Gasteiger partial charge in [0.2, 0.25) is 0 Å². The van der Waals surface area contributed by atoms with Crippen LogP contribution in [0.2, 0.25) is 0 Å². The Labute approximate surface area is 108 Å². The SMILES string of the molecule is O=C1N=C(CCl)N=C2C(Br)=CC(Br)=CC12. The smallest absolute Gasteiger partial charge is 0.260 e. The van der Waals surface area contributed by atoms with Crippen LogP contribution in [-0.2, 0) is 4.79 Å². The first-order chi connectivity index (χ1) is 7.11. The highest BCUT2D eigenvalue weighted by Gasteiger charge is 2.30. The highest BCUT2D eigenvalue weighted by molar-refractivity contribution is 9.12. The average molecular weight is 352 g/mol. The lowest BCUT2D eigenvalue weighted by molar-refractivity contribution is -0.118. The minimum Gasteiger partial charge on any atom is -0.271 e. The number of halogens is 3. The van der Waals surface area contributed by atoms with Gasteiger partial charge in [-0.1, -0.05) is 22.0 Å². The van der Waals surface area contributed by atoms with Gasteiger partial charge in [-0.3, -0.25) is 4.79 Å². The average Bonchev–Trinajstić information content (AvgIpc) is 2.19. The molecular formula is C9H5Br2ClN2O. The van der Waals surface area contributed by atoms with Crippen molar-refractivity contribution in [2.75, 3.05) is 5.88 Å². The normalized spacial score (nSPS) is 25.0. The molecule has 1 atom stereocenters. The first-order valence-electron chi connectivity index (χ1n) is 4.12. The van der Waals surface area contributed by atoms with E-state index in [1.165, 1.54) is 0 Å². The van der Waals surface area contributed by atoms with Crippen molar-refractivity contribution in [3.63, 3.8) is 0 Å². The zero-order valence-electron chi connectivity index (χ0n) is 7.38. The van der Waals surface area contributed by atoms with Crippen molar-refractivity contribution in [2.45, 2.75) is 0 Å². The second kappa shape index (κ2) is 4.31. The molecule has 6 heteroatoms. The number of carbonyl (C=O) groups is 1. The molecule has 78 valence electrons. The van der Waals surface area contributed by atoms with E-state index in [0.717, 1.165) is 8.96 Å². The molecule has 1 unspecified atom stereocenters. The molecule has 0 saturated heterocycles. The number of alkyl halides is 1. The molecule has 0 fully saturated rings. The zero-order valence-corrected chi connectivity index (χ0v) is 11.3. The third-order valence-corrected chi connectivity index (χ3v) is 3.37. The molecule has 1 aliphatic heterocycles. The molecule has 3 nitrogen and oxygen atoms in total. The second-order valence-electron chi connectivity index (χ2n) is 3.02. The summed E-state index contributed by atoms with van der Waals surface area (Å²) in [6, 6.07) is 0. The van der Waals surface area contributed by atoms with Crippen LogP contribution in [0.1, 0.15) is 0 Å². The molecule has 0 saturated carbocycles. The van der Waals surface area contributed by atoms with Gasteiger partial charge in [0, 0.05) is 8.96 Å². The van der Waals surface area contributed by atoms with Crippen molar-refractivity contribution < 1.29 is 4.79 Å². The standard InChI is InChI=1S/C9H5Br2ClN2O/c10-4-1-5-8(6(11)2-4)13-7(3-12)14-9(5)15/h1-2,5H,3H2. The molecule has 1 aliphatic carbocycles. The first kappa shape index (κ1) is 11.2. The monoisotopic (exact) mass is 350 g/mol. The van der Waals surface area contributed by atoms with Gasteiger partial charge in [-0.2, -0.15) is 4.99 Å². The number of hydrogen-bond donors (Lipinski definition) is 0. The van der Waals surface area contributed by atoms with Crippen LogP contribution in [0.15, 0.2) is 31.1 Å². The highest BCUT2D eigenvalue weighted by Crippen LogP contribution is 2.30. The third kappa shape index (κ3) is 2.14. The van der Waals surface area contributed by atoms with Crippen molar-refractivity contribution in [2.24, 2.45) is 15.9 Å². The van der Waals surface area contributed by atoms with Crippen LogP contribution < -0.4 is 0 Å². The van der Waals surface area contributed by atoms with E-state index in [4.69, 9.17) is 11.6 Å². The van der Waals surface area contributed by atoms with Gasteiger partial charge in [-0.15, -0.1) is 11.6 Å². The van der Waals surface area contributed by atoms with Gasteiger partial charge in [-0.25, -0.2) is 4.99 Å². The molecule has 0 aromatic carbocycles. The molecule has 0 aromatic rings. The van der Waals surface area contributed by atoms with Gasteiger partial charge < -0.3 is 0 Å². The van der Waals surface area contributed by atoms with Crippen molar-refractivity contribution in [3.05, 3.63) is 21.1 Å². The fourth-order valence-electron chi connectivity index (χ4n) is 1.36. The van der Waals surface area contributed by atoms with Crippen molar-refractivity contribution in [3.8, 4) is 0 Å². The summed E-state index contributed by atoms with van der Waals surface area (Å²) in [5.74, 6) is -0.110. The number of nitrogens with zero attached hydrogens (tertiary/aromatic N) is 2. The molecule has 0 spiro atoms. The van der Waals surface area contributed by atoms with Gasteiger partial charge in [0.05, 0.1) is 11.6 Å². The molecule has 2 rings (SSSR count). The van der Waals surface area contributed by atoms with E-state index in [0.29, 0.717) is 11.5 Å². The Bertz CT molecular complexity index is 451. The van der Waals surface area contributed by atoms with Crippen LogP contribution in [0.4, 0.5) is 0 Å². The lowest BCUT2D eigenvalue weighted by atomic mass is 9.96. The van der Waals surface area contributed by atoms with Crippen LogP contribution in [0.3, 0.4) is 0 Å². The fraction of sp³-hybridized carbons (Fsp3) is 0.222. The molecule has 0 bridgehead atoms.